The molecule has 0 aromatic heterocycles. The van der Waals surface area contributed by atoms with Crippen molar-refractivity contribution in [2.45, 2.75) is 6.54 Å². The van der Waals surface area contributed by atoms with Crippen molar-refractivity contribution in [3.63, 3.8) is 0 Å². The Balaban J connectivity index is 2.00. The summed E-state index contributed by atoms with van der Waals surface area (Å²) in [5.74, 6) is -0.127. The van der Waals surface area contributed by atoms with Crippen LogP contribution in [0.1, 0.15) is 5.56 Å². The van der Waals surface area contributed by atoms with Crippen molar-refractivity contribution in [2.75, 3.05) is 20.3 Å². The number of hydrogen-bond acceptors (Lipinski definition) is 4. The van der Waals surface area contributed by atoms with Gasteiger partial charge in [-0.25, -0.2) is 0 Å². The van der Waals surface area contributed by atoms with Crippen LogP contribution in [-0.2, 0) is 20.9 Å². The highest BCUT2D eigenvalue weighted by Crippen LogP contribution is 2.14. The Hall–Kier alpha value is -2.09. The van der Waals surface area contributed by atoms with Gasteiger partial charge in [-0.05, 0) is 52.4 Å². The van der Waals surface area contributed by atoms with Crippen LogP contribution < -0.4 is 4.74 Å². The van der Waals surface area contributed by atoms with Crippen LogP contribution >= 0.6 is 22.6 Å². The zero-order valence-corrected chi connectivity index (χ0v) is 15.4. The maximum atomic E-state index is 12.4. The number of methoxy groups -OCH3 is 1. The lowest BCUT2D eigenvalue weighted by Crippen LogP contribution is -2.38. The molecular weight excluding hydrogens is 421 g/mol. The van der Waals surface area contributed by atoms with Gasteiger partial charge < -0.3 is 14.4 Å². The molecule has 0 spiro atoms. The molecule has 0 aliphatic heterocycles. The van der Waals surface area contributed by atoms with E-state index in [1.165, 1.54) is 12.0 Å². The second kappa shape index (κ2) is 9.27. The van der Waals surface area contributed by atoms with Crippen LogP contribution in [0.15, 0.2) is 54.6 Å². The molecule has 0 saturated heterocycles. The van der Waals surface area contributed by atoms with Crippen molar-refractivity contribution in [2.24, 2.45) is 0 Å². The monoisotopic (exact) mass is 439 g/mol. The molecule has 2 aromatic carbocycles. The Morgan fingerprint density at radius 1 is 1.04 bits per heavy atom. The van der Waals surface area contributed by atoms with Gasteiger partial charge in [-0.15, -0.1) is 0 Å². The van der Waals surface area contributed by atoms with Crippen molar-refractivity contribution in [3.8, 4) is 5.75 Å². The molecule has 6 heteroatoms. The molecule has 2 aromatic rings. The molecule has 0 radical (unpaired) electrons. The van der Waals surface area contributed by atoms with Crippen LogP contribution in [0.2, 0.25) is 0 Å². The minimum absolute atomic E-state index is 0.111. The second-order valence-corrected chi connectivity index (χ2v) is 6.30. The molecule has 126 valence electrons. The first-order valence-electron chi connectivity index (χ1n) is 7.35. The van der Waals surface area contributed by atoms with Crippen LogP contribution in [0.4, 0.5) is 0 Å². The third-order valence-electron chi connectivity index (χ3n) is 3.29. The molecule has 0 atom stereocenters. The Morgan fingerprint density at radius 3 is 2.33 bits per heavy atom. The summed E-state index contributed by atoms with van der Waals surface area (Å²) in [4.78, 5) is 25.4. The van der Waals surface area contributed by atoms with Crippen molar-refractivity contribution < 1.29 is 19.1 Å². The number of esters is 1. The number of benzene rings is 2. The first-order valence-corrected chi connectivity index (χ1v) is 8.43. The first-order chi connectivity index (χ1) is 11.6. The van der Waals surface area contributed by atoms with Gasteiger partial charge in [0.2, 0.25) is 0 Å². The number of amides is 1. The number of hydrogen-bond donors (Lipinski definition) is 0. The highest BCUT2D eigenvalue weighted by molar-refractivity contribution is 14.1. The predicted octanol–water partition coefficient (Wildman–Crippen LogP) is 2.87. The zero-order valence-electron chi connectivity index (χ0n) is 13.3. The van der Waals surface area contributed by atoms with E-state index in [9.17, 15) is 9.59 Å². The maximum Gasteiger partial charge on any atom is 0.325 e. The Morgan fingerprint density at radius 2 is 1.71 bits per heavy atom. The molecule has 5 nitrogen and oxygen atoms in total. The van der Waals surface area contributed by atoms with Gasteiger partial charge in [0.1, 0.15) is 12.3 Å². The van der Waals surface area contributed by atoms with Gasteiger partial charge in [0, 0.05) is 10.1 Å². The summed E-state index contributed by atoms with van der Waals surface area (Å²) in [7, 11) is 1.30. The van der Waals surface area contributed by atoms with Gasteiger partial charge in [0.05, 0.1) is 7.11 Å². The fourth-order valence-electron chi connectivity index (χ4n) is 2.02. The molecule has 0 bridgehead atoms. The smallest absolute Gasteiger partial charge is 0.325 e. The highest BCUT2D eigenvalue weighted by atomic mass is 127. The summed E-state index contributed by atoms with van der Waals surface area (Å²) >= 11 is 2.20. The van der Waals surface area contributed by atoms with E-state index < -0.39 is 5.97 Å². The van der Waals surface area contributed by atoms with E-state index in [2.05, 4.69) is 27.3 Å². The lowest BCUT2D eigenvalue weighted by Gasteiger charge is -2.21. The van der Waals surface area contributed by atoms with Crippen LogP contribution in [-0.4, -0.2) is 37.0 Å². The summed E-state index contributed by atoms with van der Waals surface area (Å²) in [6.45, 7) is 0.0789. The topological polar surface area (TPSA) is 55.8 Å². The first kappa shape index (κ1) is 18.3. The lowest BCUT2D eigenvalue weighted by molar-refractivity contribution is -0.148. The van der Waals surface area contributed by atoms with Gasteiger partial charge in [-0.2, -0.15) is 0 Å². The molecular formula is C18H18INO4. The van der Waals surface area contributed by atoms with Crippen LogP contribution in [0.25, 0.3) is 0 Å². The summed E-state index contributed by atoms with van der Waals surface area (Å²) in [5.41, 5.74) is 0.934. The van der Waals surface area contributed by atoms with Crippen LogP contribution in [0.5, 0.6) is 5.75 Å². The number of halogens is 1. The number of ether oxygens (including phenoxy) is 2. The molecule has 0 N–H and O–H groups in total. The van der Waals surface area contributed by atoms with Gasteiger partial charge in [-0.3, -0.25) is 9.59 Å². The van der Waals surface area contributed by atoms with Gasteiger partial charge in [0.15, 0.2) is 6.61 Å². The average molecular weight is 439 g/mol. The number of carbonyl (C=O) groups excluding carboxylic acids is 2. The van der Waals surface area contributed by atoms with Crippen molar-refractivity contribution in [1.82, 2.24) is 4.90 Å². The van der Waals surface area contributed by atoms with Crippen LogP contribution in [0.3, 0.4) is 0 Å². The largest absolute Gasteiger partial charge is 0.484 e. The number of carbonyl (C=O) groups is 2. The van der Waals surface area contributed by atoms with E-state index in [0.717, 1.165) is 9.13 Å². The van der Waals surface area contributed by atoms with E-state index in [-0.39, 0.29) is 19.1 Å². The third kappa shape index (κ3) is 5.84. The summed E-state index contributed by atoms with van der Waals surface area (Å²) in [5, 5.41) is 0. The predicted molar refractivity (Wildman–Crippen MR) is 98.5 cm³/mol. The molecule has 2 rings (SSSR count). The number of rotatable bonds is 7. The summed E-state index contributed by atoms with van der Waals surface area (Å²) in [6, 6.07) is 16.9. The SMILES string of the molecule is COC(=O)CN(Cc1ccccc1)C(=O)COc1ccc(I)cc1. The third-order valence-corrected chi connectivity index (χ3v) is 4.01. The van der Waals surface area contributed by atoms with Gasteiger partial charge >= 0.3 is 5.97 Å². The fraction of sp³-hybridized carbons (Fsp3) is 0.222. The van der Waals surface area contributed by atoms with Crippen molar-refractivity contribution in [1.29, 1.82) is 0 Å². The van der Waals surface area contributed by atoms with E-state index in [1.54, 1.807) is 12.1 Å². The molecule has 0 heterocycles. The highest BCUT2D eigenvalue weighted by Gasteiger charge is 2.18. The molecule has 1 amide bonds. The molecule has 0 fully saturated rings. The van der Waals surface area contributed by atoms with E-state index in [1.807, 2.05) is 42.5 Å². The van der Waals surface area contributed by atoms with Crippen molar-refractivity contribution in [3.05, 3.63) is 63.7 Å². The number of nitrogens with zero attached hydrogens (tertiary/aromatic N) is 1. The van der Waals surface area contributed by atoms with Crippen molar-refractivity contribution >= 4 is 34.5 Å². The fourth-order valence-corrected chi connectivity index (χ4v) is 2.38. The Kier molecular flexibility index (Phi) is 7.05. The maximum absolute atomic E-state index is 12.4. The molecule has 0 aliphatic carbocycles. The lowest BCUT2D eigenvalue weighted by atomic mass is 10.2. The minimum atomic E-state index is -0.464. The van der Waals surface area contributed by atoms with Gasteiger partial charge in [0.25, 0.3) is 5.91 Å². The Bertz CT molecular complexity index is 673. The Labute approximate surface area is 154 Å². The quantitative estimate of drug-likeness (QED) is 0.492. The minimum Gasteiger partial charge on any atom is -0.484 e. The van der Waals surface area contributed by atoms with Gasteiger partial charge in [-0.1, -0.05) is 30.3 Å². The standard InChI is InChI=1S/C18H18INO4/c1-23-18(22)12-20(11-14-5-3-2-4-6-14)17(21)13-24-16-9-7-15(19)8-10-16/h2-10H,11-13H2,1H3. The molecule has 0 unspecified atom stereocenters. The van der Waals surface area contributed by atoms with E-state index >= 15 is 0 Å². The molecule has 24 heavy (non-hydrogen) atoms. The van der Waals surface area contributed by atoms with Crippen LogP contribution in [0, 0.1) is 3.57 Å². The normalized spacial score (nSPS) is 10.1. The second-order valence-electron chi connectivity index (χ2n) is 5.05. The molecule has 0 saturated carbocycles. The van der Waals surface area contributed by atoms with E-state index in [4.69, 9.17) is 4.74 Å². The zero-order chi connectivity index (χ0) is 17.4. The van der Waals surface area contributed by atoms with E-state index in [0.29, 0.717) is 12.3 Å². The summed E-state index contributed by atoms with van der Waals surface area (Å²) in [6.07, 6.45) is 0. The summed E-state index contributed by atoms with van der Waals surface area (Å²) < 4.78 is 11.3. The average Bonchev–Trinajstić information content (AvgIpc) is 2.61. The molecule has 0 aliphatic rings.